The van der Waals surface area contributed by atoms with Crippen LogP contribution in [0.25, 0.3) is 0 Å². The number of pyridine rings is 1. The highest BCUT2D eigenvalue weighted by molar-refractivity contribution is 14.0. The largest absolute Gasteiger partial charge is 0.469 e. The molecular formula is C13H21IN4O2. The number of carbonyl (C=O) groups excluding carboxylic acids is 1. The van der Waals surface area contributed by atoms with Crippen LogP contribution in [0.2, 0.25) is 0 Å². The standard InChI is InChI=1S/C13H20N4O2.HI/c1-10(12(18)19-3)8-16-13(14-2)17-9-11-6-4-5-7-15-11;/h4-7,10H,8-9H2,1-3H3,(H2,14,16,17);1H. The number of aromatic nitrogens is 1. The van der Waals surface area contributed by atoms with Crippen LogP contribution in [0.4, 0.5) is 0 Å². The van der Waals surface area contributed by atoms with Crippen molar-refractivity contribution < 1.29 is 9.53 Å². The van der Waals surface area contributed by atoms with E-state index >= 15 is 0 Å². The van der Waals surface area contributed by atoms with E-state index in [4.69, 9.17) is 0 Å². The van der Waals surface area contributed by atoms with Crippen LogP contribution in [-0.2, 0) is 16.1 Å². The fraction of sp³-hybridized carbons (Fsp3) is 0.462. The molecule has 0 aliphatic carbocycles. The second-order valence-corrected chi connectivity index (χ2v) is 4.05. The number of halogens is 1. The Morgan fingerprint density at radius 3 is 2.75 bits per heavy atom. The number of guanidine groups is 1. The van der Waals surface area contributed by atoms with Crippen LogP contribution in [0, 0.1) is 5.92 Å². The maximum absolute atomic E-state index is 11.3. The minimum atomic E-state index is -0.243. The highest BCUT2D eigenvalue weighted by atomic mass is 127. The lowest BCUT2D eigenvalue weighted by Crippen LogP contribution is -2.40. The van der Waals surface area contributed by atoms with Gasteiger partial charge in [-0.3, -0.25) is 14.8 Å². The van der Waals surface area contributed by atoms with Gasteiger partial charge in [-0.2, -0.15) is 0 Å². The second kappa shape index (κ2) is 10.4. The Balaban J connectivity index is 0.00000361. The van der Waals surface area contributed by atoms with Gasteiger partial charge in [0.1, 0.15) is 0 Å². The highest BCUT2D eigenvalue weighted by Gasteiger charge is 2.13. The van der Waals surface area contributed by atoms with Crippen molar-refractivity contribution in [2.24, 2.45) is 10.9 Å². The number of methoxy groups -OCH3 is 1. The molecule has 1 aromatic heterocycles. The third kappa shape index (κ3) is 6.69. The summed E-state index contributed by atoms with van der Waals surface area (Å²) in [5, 5.41) is 6.19. The van der Waals surface area contributed by atoms with Crippen LogP contribution < -0.4 is 10.6 Å². The zero-order valence-electron chi connectivity index (χ0n) is 11.9. The fourth-order valence-corrected chi connectivity index (χ4v) is 1.43. The number of esters is 1. The third-order valence-corrected chi connectivity index (χ3v) is 2.57. The van der Waals surface area contributed by atoms with Crippen molar-refractivity contribution in [2.45, 2.75) is 13.5 Å². The molecular weight excluding hydrogens is 371 g/mol. The number of carbonyl (C=O) groups is 1. The topological polar surface area (TPSA) is 75.6 Å². The van der Waals surface area contributed by atoms with Crippen molar-refractivity contribution in [3.63, 3.8) is 0 Å². The summed E-state index contributed by atoms with van der Waals surface area (Å²) < 4.78 is 4.66. The van der Waals surface area contributed by atoms with Crippen molar-refractivity contribution in [1.29, 1.82) is 0 Å². The zero-order valence-corrected chi connectivity index (χ0v) is 14.3. The minimum absolute atomic E-state index is 0. The summed E-state index contributed by atoms with van der Waals surface area (Å²) >= 11 is 0. The molecule has 0 fully saturated rings. The van der Waals surface area contributed by atoms with E-state index in [1.807, 2.05) is 18.2 Å². The quantitative estimate of drug-likeness (QED) is 0.341. The molecule has 1 atom stereocenters. The summed E-state index contributed by atoms with van der Waals surface area (Å²) in [4.78, 5) is 19.5. The smallest absolute Gasteiger partial charge is 0.310 e. The van der Waals surface area contributed by atoms with Crippen molar-refractivity contribution in [2.75, 3.05) is 20.7 Å². The Hall–Kier alpha value is -1.38. The molecule has 0 aliphatic rings. The van der Waals surface area contributed by atoms with Gasteiger partial charge in [0.15, 0.2) is 5.96 Å². The predicted octanol–water partition coefficient (Wildman–Crippen LogP) is 1.17. The molecule has 7 heteroatoms. The lowest BCUT2D eigenvalue weighted by molar-refractivity contribution is -0.144. The monoisotopic (exact) mass is 392 g/mol. The normalized spacial score (nSPS) is 12.1. The number of ether oxygens (including phenoxy) is 1. The van der Waals surface area contributed by atoms with Crippen LogP contribution in [0.1, 0.15) is 12.6 Å². The van der Waals surface area contributed by atoms with Crippen LogP contribution >= 0.6 is 24.0 Å². The van der Waals surface area contributed by atoms with E-state index in [0.717, 1.165) is 5.69 Å². The minimum Gasteiger partial charge on any atom is -0.469 e. The fourth-order valence-electron chi connectivity index (χ4n) is 1.43. The van der Waals surface area contributed by atoms with Crippen LogP contribution in [0.3, 0.4) is 0 Å². The van der Waals surface area contributed by atoms with Gasteiger partial charge < -0.3 is 15.4 Å². The molecule has 0 amide bonds. The Morgan fingerprint density at radius 1 is 1.45 bits per heavy atom. The molecule has 2 N–H and O–H groups in total. The first-order chi connectivity index (χ1) is 9.17. The molecule has 1 aromatic rings. The molecule has 0 saturated heterocycles. The van der Waals surface area contributed by atoms with E-state index in [2.05, 4.69) is 25.3 Å². The molecule has 0 spiro atoms. The van der Waals surface area contributed by atoms with Gasteiger partial charge in [0.05, 0.1) is 25.3 Å². The maximum atomic E-state index is 11.3. The molecule has 6 nitrogen and oxygen atoms in total. The van der Waals surface area contributed by atoms with E-state index < -0.39 is 0 Å². The Bertz CT molecular complexity index is 426. The number of nitrogens with one attached hydrogen (secondary N) is 2. The van der Waals surface area contributed by atoms with Gasteiger partial charge in [-0.05, 0) is 12.1 Å². The molecule has 0 aromatic carbocycles. The zero-order chi connectivity index (χ0) is 14.1. The van der Waals surface area contributed by atoms with Gasteiger partial charge in [0.2, 0.25) is 0 Å². The lowest BCUT2D eigenvalue weighted by Gasteiger charge is -2.14. The Labute approximate surface area is 136 Å². The molecule has 1 rings (SSSR count). The van der Waals surface area contributed by atoms with Crippen molar-refractivity contribution in [3.05, 3.63) is 30.1 Å². The van der Waals surface area contributed by atoms with E-state index in [-0.39, 0.29) is 35.9 Å². The van der Waals surface area contributed by atoms with Gasteiger partial charge in [-0.25, -0.2) is 0 Å². The summed E-state index contributed by atoms with van der Waals surface area (Å²) in [6, 6.07) is 5.73. The summed E-state index contributed by atoms with van der Waals surface area (Å²) in [7, 11) is 3.06. The third-order valence-electron chi connectivity index (χ3n) is 2.57. The first-order valence-corrected chi connectivity index (χ1v) is 6.09. The lowest BCUT2D eigenvalue weighted by atomic mass is 10.2. The van der Waals surface area contributed by atoms with E-state index in [0.29, 0.717) is 19.0 Å². The van der Waals surface area contributed by atoms with Crippen LogP contribution in [0.5, 0.6) is 0 Å². The van der Waals surface area contributed by atoms with E-state index in [1.54, 1.807) is 20.2 Å². The van der Waals surface area contributed by atoms with Gasteiger partial charge >= 0.3 is 5.97 Å². The first-order valence-electron chi connectivity index (χ1n) is 6.09. The summed E-state index contributed by atoms with van der Waals surface area (Å²) in [5.74, 6) is 0.160. The van der Waals surface area contributed by atoms with Gasteiger partial charge in [0.25, 0.3) is 0 Å². The number of hydrogen-bond donors (Lipinski definition) is 2. The average molecular weight is 392 g/mol. The molecule has 0 saturated carbocycles. The van der Waals surface area contributed by atoms with Gasteiger partial charge in [0, 0.05) is 19.8 Å². The van der Waals surface area contributed by atoms with E-state index in [1.165, 1.54) is 7.11 Å². The average Bonchev–Trinajstić information content (AvgIpc) is 2.47. The van der Waals surface area contributed by atoms with Crippen molar-refractivity contribution >= 4 is 35.9 Å². The first kappa shape index (κ1) is 18.6. The van der Waals surface area contributed by atoms with Crippen LogP contribution in [0.15, 0.2) is 29.4 Å². The summed E-state index contributed by atoms with van der Waals surface area (Å²) in [6.07, 6.45) is 1.74. The molecule has 112 valence electrons. The summed E-state index contributed by atoms with van der Waals surface area (Å²) in [6.45, 7) is 2.84. The molecule has 0 radical (unpaired) electrons. The number of aliphatic imine (C=N–C) groups is 1. The molecule has 0 aliphatic heterocycles. The second-order valence-electron chi connectivity index (χ2n) is 4.05. The number of nitrogens with zero attached hydrogens (tertiary/aromatic N) is 2. The maximum Gasteiger partial charge on any atom is 0.310 e. The molecule has 0 bridgehead atoms. The van der Waals surface area contributed by atoms with Crippen molar-refractivity contribution in [1.82, 2.24) is 15.6 Å². The molecule has 1 heterocycles. The van der Waals surface area contributed by atoms with Crippen molar-refractivity contribution in [3.8, 4) is 0 Å². The Kier molecular flexibility index (Phi) is 9.69. The Morgan fingerprint density at radius 2 is 2.20 bits per heavy atom. The predicted molar refractivity (Wildman–Crippen MR) is 89.0 cm³/mol. The highest BCUT2D eigenvalue weighted by Crippen LogP contribution is 1.95. The SMILES string of the molecule is CN=C(NCc1ccccn1)NCC(C)C(=O)OC.I. The van der Waals surface area contributed by atoms with Gasteiger partial charge in [-0.1, -0.05) is 13.0 Å². The number of rotatable bonds is 5. The van der Waals surface area contributed by atoms with E-state index in [9.17, 15) is 4.79 Å². The van der Waals surface area contributed by atoms with Gasteiger partial charge in [-0.15, -0.1) is 24.0 Å². The van der Waals surface area contributed by atoms with Crippen LogP contribution in [-0.4, -0.2) is 37.6 Å². The number of hydrogen-bond acceptors (Lipinski definition) is 4. The summed E-state index contributed by atoms with van der Waals surface area (Å²) in [5.41, 5.74) is 0.923. The molecule has 1 unspecified atom stereocenters. The molecule has 20 heavy (non-hydrogen) atoms.